The molecule has 0 radical (unpaired) electrons. The van der Waals surface area contributed by atoms with E-state index < -0.39 is 18.1 Å². The minimum absolute atomic E-state index is 0.0210. The topological polar surface area (TPSA) is 83.6 Å². The second-order valence-electron chi connectivity index (χ2n) is 4.45. The fourth-order valence-corrected chi connectivity index (χ4v) is 1.81. The van der Waals surface area contributed by atoms with Gasteiger partial charge in [0.2, 0.25) is 11.8 Å². The lowest BCUT2D eigenvalue weighted by Crippen LogP contribution is -2.49. The van der Waals surface area contributed by atoms with Gasteiger partial charge in [0.25, 0.3) is 0 Å². The average molecular weight is 214 g/mol. The van der Waals surface area contributed by atoms with Crippen LogP contribution in [0, 0.1) is 11.8 Å². The Labute approximate surface area is 89.2 Å². The van der Waals surface area contributed by atoms with Gasteiger partial charge in [-0.05, 0) is 12.3 Å². The van der Waals surface area contributed by atoms with E-state index in [1.165, 1.54) is 4.90 Å². The van der Waals surface area contributed by atoms with Crippen molar-refractivity contribution >= 4 is 11.8 Å². The van der Waals surface area contributed by atoms with Gasteiger partial charge in [-0.2, -0.15) is 0 Å². The van der Waals surface area contributed by atoms with Crippen LogP contribution in [0.2, 0.25) is 0 Å². The molecule has 0 spiro atoms. The molecule has 0 aromatic rings. The number of carbonyl (C=O) groups is 2. The Morgan fingerprint density at radius 3 is 2.20 bits per heavy atom. The summed E-state index contributed by atoms with van der Waals surface area (Å²) < 4.78 is 0. The molecule has 1 aliphatic carbocycles. The molecule has 2 amide bonds. The van der Waals surface area contributed by atoms with Gasteiger partial charge in [-0.25, -0.2) is 0 Å². The molecule has 0 heterocycles. The summed E-state index contributed by atoms with van der Waals surface area (Å²) in [4.78, 5) is 24.3. The second-order valence-corrected chi connectivity index (χ2v) is 4.45. The highest BCUT2D eigenvalue weighted by atomic mass is 16.3. The molecule has 0 bridgehead atoms. The Morgan fingerprint density at radius 1 is 1.47 bits per heavy atom. The van der Waals surface area contributed by atoms with E-state index in [0.717, 1.165) is 0 Å². The Hall–Kier alpha value is -1.10. The van der Waals surface area contributed by atoms with Crippen LogP contribution in [0.1, 0.15) is 20.3 Å². The predicted molar refractivity (Wildman–Crippen MR) is 54.7 cm³/mol. The third-order valence-corrected chi connectivity index (χ3v) is 2.76. The maximum Gasteiger partial charge on any atom is 0.240 e. The fraction of sp³-hybridized carbons (Fsp3) is 0.800. The molecular weight excluding hydrogens is 196 g/mol. The molecule has 5 heteroatoms. The van der Waals surface area contributed by atoms with Gasteiger partial charge >= 0.3 is 0 Å². The third kappa shape index (κ3) is 2.47. The first-order valence-electron chi connectivity index (χ1n) is 5.10. The Morgan fingerprint density at radius 2 is 1.93 bits per heavy atom. The lowest BCUT2D eigenvalue weighted by atomic mass is 10.0. The molecule has 86 valence electrons. The number of rotatable bonds is 4. The smallest absolute Gasteiger partial charge is 0.240 e. The van der Waals surface area contributed by atoms with Gasteiger partial charge < -0.3 is 15.7 Å². The van der Waals surface area contributed by atoms with E-state index in [2.05, 4.69) is 0 Å². The SMILES string of the molecule is CC(C)[C@@H](C(N)=O)N(C)C(=O)[C@H]1C[C@H]1O. The van der Waals surface area contributed by atoms with Crippen LogP contribution in [-0.2, 0) is 9.59 Å². The van der Waals surface area contributed by atoms with Gasteiger partial charge in [0.05, 0.1) is 12.0 Å². The minimum atomic E-state index is -0.592. The van der Waals surface area contributed by atoms with Crippen LogP contribution in [0.25, 0.3) is 0 Å². The molecular formula is C10H18N2O3. The van der Waals surface area contributed by atoms with E-state index in [1.807, 2.05) is 13.8 Å². The molecule has 15 heavy (non-hydrogen) atoms. The number of nitrogens with two attached hydrogens (primary N) is 1. The molecule has 1 aliphatic rings. The molecule has 1 rings (SSSR count). The monoisotopic (exact) mass is 214 g/mol. The van der Waals surface area contributed by atoms with E-state index in [4.69, 9.17) is 10.8 Å². The summed E-state index contributed by atoms with van der Waals surface area (Å²) in [6, 6.07) is -0.592. The first-order chi connectivity index (χ1) is 6.86. The van der Waals surface area contributed by atoms with E-state index in [-0.39, 0.29) is 17.7 Å². The molecule has 5 nitrogen and oxygen atoms in total. The van der Waals surface area contributed by atoms with E-state index in [9.17, 15) is 9.59 Å². The van der Waals surface area contributed by atoms with Crippen molar-refractivity contribution in [2.45, 2.75) is 32.4 Å². The molecule has 1 saturated carbocycles. The molecule has 1 fully saturated rings. The van der Waals surface area contributed by atoms with Crippen LogP contribution in [0.3, 0.4) is 0 Å². The molecule has 0 aliphatic heterocycles. The molecule has 3 atom stereocenters. The number of primary amides is 1. The predicted octanol–water partition coefficient (Wildman–Crippen LogP) is -0.664. The number of aliphatic hydroxyl groups is 1. The maximum absolute atomic E-state index is 11.7. The number of amides is 2. The van der Waals surface area contributed by atoms with Crippen LogP contribution in [0.15, 0.2) is 0 Å². The van der Waals surface area contributed by atoms with Crippen LogP contribution in [-0.4, -0.2) is 41.0 Å². The minimum Gasteiger partial charge on any atom is -0.392 e. The van der Waals surface area contributed by atoms with Gasteiger partial charge in [-0.3, -0.25) is 9.59 Å². The van der Waals surface area contributed by atoms with Crippen molar-refractivity contribution in [2.24, 2.45) is 17.6 Å². The highest BCUT2D eigenvalue weighted by molar-refractivity contribution is 5.89. The van der Waals surface area contributed by atoms with Crippen molar-refractivity contribution in [1.29, 1.82) is 0 Å². The normalized spacial score (nSPS) is 26.2. The third-order valence-electron chi connectivity index (χ3n) is 2.76. The summed E-state index contributed by atoms with van der Waals surface area (Å²) in [5.41, 5.74) is 5.24. The summed E-state index contributed by atoms with van der Waals surface area (Å²) in [6.45, 7) is 3.67. The van der Waals surface area contributed by atoms with E-state index >= 15 is 0 Å². The standard InChI is InChI=1S/C10H18N2O3/c1-5(2)8(9(11)14)12(3)10(15)6-4-7(6)13/h5-8,13H,4H2,1-3H3,(H2,11,14)/t6-,7+,8-/m0/s1. The van der Waals surface area contributed by atoms with E-state index in [1.54, 1.807) is 7.05 Å². The molecule has 0 aromatic carbocycles. The molecule has 3 N–H and O–H groups in total. The van der Waals surface area contributed by atoms with Crippen molar-refractivity contribution in [1.82, 2.24) is 4.90 Å². The summed E-state index contributed by atoms with van der Waals surface area (Å²) in [5.74, 6) is -1.06. The number of likely N-dealkylation sites (N-methyl/N-ethyl adjacent to an activating group) is 1. The second kappa shape index (κ2) is 4.18. The highest BCUT2D eigenvalue weighted by Crippen LogP contribution is 2.32. The average Bonchev–Trinajstić information content (AvgIpc) is 2.79. The highest BCUT2D eigenvalue weighted by Gasteiger charge is 2.45. The lowest BCUT2D eigenvalue weighted by molar-refractivity contribution is -0.140. The first-order valence-corrected chi connectivity index (χ1v) is 5.10. The van der Waals surface area contributed by atoms with Crippen molar-refractivity contribution < 1.29 is 14.7 Å². The van der Waals surface area contributed by atoms with Gasteiger partial charge in [0.15, 0.2) is 0 Å². The maximum atomic E-state index is 11.7. The fourth-order valence-electron chi connectivity index (χ4n) is 1.81. The van der Waals surface area contributed by atoms with Gasteiger partial charge in [-0.15, -0.1) is 0 Å². The number of nitrogens with zero attached hydrogens (tertiary/aromatic N) is 1. The first kappa shape index (κ1) is 12.0. The summed E-state index contributed by atoms with van der Waals surface area (Å²) >= 11 is 0. The van der Waals surface area contributed by atoms with Crippen LogP contribution >= 0.6 is 0 Å². The van der Waals surface area contributed by atoms with Crippen molar-refractivity contribution in [3.05, 3.63) is 0 Å². The molecule has 0 saturated heterocycles. The zero-order chi connectivity index (χ0) is 11.7. The van der Waals surface area contributed by atoms with Gasteiger partial charge in [0, 0.05) is 7.05 Å². The number of hydrogen-bond donors (Lipinski definition) is 2. The zero-order valence-corrected chi connectivity index (χ0v) is 9.30. The summed E-state index contributed by atoms with van der Waals surface area (Å²) in [7, 11) is 1.56. The number of aliphatic hydroxyl groups excluding tert-OH is 1. The lowest BCUT2D eigenvalue weighted by Gasteiger charge is -2.28. The van der Waals surface area contributed by atoms with Crippen LogP contribution in [0.5, 0.6) is 0 Å². The van der Waals surface area contributed by atoms with Crippen molar-refractivity contribution in [3.8, 4) is 0 Å². The molecule has 0 aromatic heterocycles. The van der Waals surface area contributed by atoms with Crippen molar-refractivity contribution in [3.63, 3.8) is 0 Å². The molecule has 0 unspecified atom stereocenters. The van der Waals surface area contributed by atoms with E-state index in [0.29, 0.717) is 6.42 Å². The Balaban J connectivity index is 2.67. The Bertz CT molecular complexity index is 278. The van der Waals surface area contributed by atoms with Crippen molar-refractivity contribution in [2.75, 3.05) is 7.05 Å². The number of hydrogen-bond acceptors (Lipinski definition) is 3. The van der Waals surface area contributed by atoms with Crippen LogP contribution in [0.4, 0.5) is 0 Å². The quantitative estimate of drug-likeness (QED) is 0.651. The van der Waals surface area contributed by atoms with Crippen LogP contribution < -0.4 is 5.73 Å². The summed E-state index contributed by atoms with van der Waals surface area (Å²) in [6.07, 6.45) is -0.0483. The van der Waals surface area contributed by atoms with Gasteiger partial charge in [-0.1, -0.05) is 13.8 Å². The van der Waals surface area contributed by atoms with Gasteiger partial charge in [0.1, 0.15) is 6.04 Å². The summed E-state index contributed by atoms with van der Waals surface area (Å²) in [5, 5.41) is 9.14. The number of carbonyl (C=O) groups excluding carboxylic acids is 2. The largest absolute Gasteiger partial charge is 0.392 e. The Kier molecular flexibility index (Phi) is 3.34. The zero-order valence-electron chi connectivity index (χ0n) is 9.30.